The summed E-state index contributed by atoms with van der Waals surface area (Å²) in [6.45, 7) is 11.4. The number of hydrogen-bond donors (Lipinski definition) is 0. The van der Waals surface area contributed by atoms with E-state index in [1.807, 2.05) is 0 Å². The van der Waals surface area contributed by atoms with Gasteiger partial charge in [-0.1, -0.05) is 15.9 Å². The van der Waals surface area contributed by atoms with Crippen LogP contribution in [0.3, 0.4) is 0 Å². The molecule has 0 aliphatic carbocycles. The summed E-state index contributed by atoms with van der Waals surface area (Å²) in [5.74, 6) is 0. The van der Waals surface area contributed by atoms with E-state index in [0.717, 1.165) is 0 Å². The number of nitrogens with zero attached hydrogens (tertiary/aromatic N) is 2. The molecule has 2 nitrogen and oxygen atoms in total. The molecule has 1 aliphatic heterocycles. The summed E-state index contributed by atoms with van der Waals surface area (Å²) in [4.78, 5) is 4.94. The molecule has 1 aliphatic rings. The molecule has 0 aromatic heterocycles. The van der Waals surface area contributed by atoms with Gasteiger partial charge in [-0.25, -0.2) is 0 Å². The largest absolute Gasteiger partial charge is 0.275 e. The highest BCUT2D eigenvalue weighted by Crippen LogP contribution is 2.23. The van der Waals surface area contributed by atoms with E-state index in [2.05, 4.69) is 53.4 Å². The summed E-state index contributed by atoms with van der Waals surface area (Å²) in [6, 6.07) is 1.27. The lowest BCUT2D eigenvalue weighted by Gasteiger charge is -2.30. The van der Waals surface area contributed by atoms with Crippen LogP contribution >= 0.6 is 15.9 Å². The van der Waals surface area contributed by atoms with Crippen molar-refractivity contribution in [3.8, 4) is 0 Å². The first-order valence-electron chi connectivity index (χ1n) is 4.69. The Morgan fingerprint density at radius 2 is 1.33 bits per heavy atom. The van der Waals surface area contributed by atoms with Crippen LogP contribution in [0.1, 0.15) is 27.7 Å². The minimum absolute atomic E-state index is 0.442. The standard InChI is InChI=1S/C9H19BrN2/c1-7(2)11-5-6-12(8(3)4)9(11)10/h7-9H,5-6H2,1-4H3. The normalized spacial score (nSPS) is 23.2. The topological polar surface area (TPSA) is 6.48 Å². The van der Waals surface area contributed by atoms with Crippen molar-refractivity contribution >= 4 is 15.9 Å². The summed E-state index contributed by atoms with van der Waals surface area (Å²) in [5, 5.41) is 0.442. The highest BCUT2D eigenvalue weighted by Gasteiger charge is 2.32. The van der Waals surface area contributed by atoms with Crippen LogP contribution in [0, 0.1) is 0 Å². The fourth-order valence-corrected chi connectivity index (χ4v) is 3.00. The lowest BCUT2D eigenvalue weighted by Crippen LogP contribution is -2.40. The second-order valence-corrected chi connectivity index (χ2v) is 4.79. The van der Waals surface area contributed by atoms with Crippen molar-refractivity contribution < 1.29 is 0 Å². The van der Waals surface area contributed by atoms with Gasteiger partial charge in [-0.3, -0.25) is 9.80 Å². The molecule has 0 bridgehead atoms. The SMILES string of the molecule is CC(C)N1CCN(C(C)C)C1Br. The molecule has 0 aromatic carbocycles. The Hall–Kier alpha value is 0.400. The van der Waals surface area contributed by atoms with Crippen LogP contribution in [0.25, 0.3) is 0 Å². The zero-order valence-electron chi connectivity index (χ0n) is 8.42. The molecule has 0 spiro atoms. The second-order valence-electron chi connectivity index (χ2n) is 3.97. The van der Waals surface area contributed by atoms with Crippen molar-refractivity contribution in [2.45, 2.75) is 44.9 Å². The van der Waals surface area contributed by atoms with Gasteiger partial charge >= 0.3 is 0 Å². The zero-order valence-corrected chi connectivity index (χ0v) is 10.0. The maximum Gasteiger partial charge on any atom is 0.120 e. The van der Waals surface area contributed by atoms with Crippen molar-refractivity contribution in [2.75, 3.05) is 13.1 Å². The Balaban J connectivity index is 2.55. The van der Waals surface area contributed by atoms with Gasteiger partial charge in [-0.15, -0.1) is 0 Å². The van der Waals surface area contributed by atoms with Crippen LogP contribution in [0.2, 0.25) is 0 Å². The van der Waals surface area contributed by atoms with E-state index in [1.54, 1.807) is 0 Å². The predicted octanol–water partition coefficient (Wildman–Crippen LogP) is 2.10. The van der Waals surface area contributed by atoms with E-state index >= 15 is 0 Å². The van der Waals surface area contributed by atoms with E-state index in [1.165, 1.54) is 13.1 Å². The fraction of sp³-hybridized carbons (Fsp3) is 1.00. The van der Waals surface area contributed by atoms with Crippen LogP contribution in [-0.4, -0.2) is 40.0 Å². The van der Waals surface area contributed by atoms with Crippen LogP contribution in [0.4, 0.5) is 0 Å². The summed E-state index contributed by atoms with van der Waals surface area (Å²) in [5.41, 5.74) is 0. The molecule has 1 heterocycles. The first kappa shape index (κ1) is 10.5. The summed E-state index contributed by atoms with van der Waals surface area (Å²) < 4.78 is 0. The molecule has 1 saturated heterocycles. The molecule has 0 atom stereocenters. The number of alkyl halides is 1. The number of rotatable bonds is 2. The van der Waals surface area contributed by atoms with Crippen LogP contribution < -0.4 is 0 Å². The maximum atomic E-state index is 3.72. The Bertz CT molecular complexity index is 131. The lowest BCUT2D eigenvalue weighted by atomic mass is 10.3. The monoisotopic (exact) mass is 234 g/mol. The van der Waals surface area contributed by atoms with Gasteiger partial charge in [0.2, 0.25) is 0 Å². The summed E-state index contributed by atoms with van der Waals surface area (Å²) in [6.07, 6.45) is 0. The third-order valence-electron chi connectivity index (χ3n) is 2.49. The smallest absolute Gasteiger partial charge is 0.120 e. The molecule has 0 radical (unpaired) electrons. The Morgan fingerprint density at radius 3 is 1.50 bits per heavy atom. The molecule has 3 heteroatoms. The quantitative estimate of drug-likeness (QED) is 0.534. The lowest BCUT2D eigenvalue weighted by molar-refractivity contribution is 0.164. The molecule has 0 unspecified atom stereocenters. The van der Waals surface area contributed by atoms with Crippen LogP contribution in [-0.2, 0) is 0 Å². The average Bonchev–Trinajstić information content (AvgIpc) is 2.30. The van der Waals surface area contributed by atoms with Crippen molar-refractivity contribution in [1.82, 2.24) is 9.80 Å². The molecule has 1 rings (SSSR count). The molecule has 1 fully saturated rings. The van der Waals surface area contributed by atoms with Gasteiger partial charge in [0.15, 0.2) is 0 Å². The predicted molar refractivity (Wildman–Crippen MR) is 56.4 cm³/mol. The van der Waals surface area contributed by atoms with E-state index in [0.29, 0.717) is 17.2 Å². The highest BCUT2D eigenvalue weighted by molar-refractivity contribution is 9.09. The third kappa shape index (κ3) is 2.01. The Morgan fingerprint density at radius 1 is 1.00 bits per heavy atom. The fourth-order valence-electron chi connectivity index (χ4n) is 1.64. The summed E-state index contributed by atoms with van der Waals surface area (Å²) >= 11 is 3.72. The van der Waals surface area contributed by atoms with Crippen molar-refractivity contribution in [3.05, 3.63) is 0 Å². The van der Waals surface area contributed by atoms with Crippen molar-refractivity contribution in [3.63, 3.8) is 0 Å². The molecule has 0 aromatic rings. The van der Waals surface area contributed by atoms with Gasteiger partial charge in [-0.05, 0) is 27.7 Å². The van der Waals surface area contributed by atoms with Gasteiger partial charge in [0, 0.05) is 25.2 Å². The van der Waals surface area contributed by atoms with Crippen LogP contribution in [0.15, 0.2) is 0 Å². The minimum atomic E-state index is 0.442. The molecular formula is C9H19BrN2. The Labute approximate surface area is 84.0 Å². The van der Waals surface area contributed by atoms with E-state index < -0.39 is 0 Å². The van der Waals surface area contributed by atoms with Gasteiger partial charge in [-0.2, -0.15) is 0 Å². The first-order chi connectivity index (χ1) is 5.54. The van der Waals surface area contributed by atoms with Crippen molar-refractivity contribution in [1.29, 1.82) is 0 Å². The van der Waals surface area contributed by atoms with E-state index in [9.17, 15) is 0 Å². The third-order valence-corrected chi connectivity index (χ3v) is 3.54. The summed E-state index contributed by atoms with van der Waals surface area (Å²) in [7, 11) is 0. The average molecular weight is 235 g/mol. The van der Waals surface area contributed by atoms with Crippen molar-refractivity contribution in [2.24, 2.45) is 0 Å². The van der Waals surface area contributed by atoms with Gasteiger partial charge in [0.05, 0.1) is 0 Å². The molecule has 72 valence electrons. The molecule has 0 saturated carbocycles. The number of halogens is 1. The zero-order chi connectivity index (χ0) is 9.30. The maximum absolute atomic E-state index is 3.72. The van der Waals surface area contributed by atoms with E-state index in [4.69, 9.17) is 0 Å². The number of hydrogen-bond acceptors (Lipinski definition) is 2. The molecule has 0 N–H and O–H groups in total. The highest BCUT2D eigenvalue weighted by atomic mass is 79.9. The first-order valence-corrected chi connectivity index (χ1v) is 5.61. The van der Waals surface area contributed by atoms with Gasteiger partial charge < -0.3 is 0 Å². The van der Waals surface area contributed by atoms with Gasteiger partial charge in [0.25, 0.3) is 0 Å². The minimum Gasteiger partial charge on any atom is -0.275 e. The van der Waals surface area contributed by atoms with Gasteiger partial charge in [0.1, 0.15) is 5.08 Å². The second kappa shape index (κ2) is 4.07. The molecular weight excluding hydrogens is 216 g/mol. The van der Waals surface area contributed by atoms with E-state index in [-0.39, 0.29) is 0 Å². The van der Waals surface area contributed by atoms with Crippen LogP contribution in [0.5, 0.6) is 0 Å². The molecule has 0 amide bonds. The Kier molecular flexibility index (Phi) is 3.56. The molecule has 12 heavy (non-hydrogen) atoms.